The summed E-state index contributed by atoms with van der Waals surface area (Å²) < 4.78 is 13.3. The number of aromatic nitrogens is 1. The third-order valence-electron chi connectivity index (χ3n) is 7.52. The normalized spacial score (nSPS) is 13.4. The molecule has 190 valence electrons. The minimum atomic E-state index is 0.0525. The van der Waals surface area contributed by atoms with Crippen molar-refractivity contribution in [3.63, 3.8) is 0 Å². The summed E-state index contributed by atoms with van der Waals surface area (Å²) in [6.07, 6.45) is 3.82. The van der Waals surface area contributed by atoms with Crippen molar-refractivity contribution in [2.24, 2.45) is 10.8 Å². The van der Waals surface area contributed by atoms with Gasteiger partial charge in [0.25, 0.3) is 0 Å². The van der Waals surface area contributed by atoms with Gasteiger partial charge in [0.2, 0.25) is 0 Å². The van der Waals surface area contributed by atoms with Crippen LogP contribution in [0.5, 0.6) is 11.5 Å². The lowest BCUT2D eigenvalue weighted by atomic mass is 9.84. The highest BCUT2D eigenvalue weighted by Gasteiger charge is 2.30. The molecule has 0 aliphatic carbocycles. The number of ether oxygens (including phenoxy) is 1. The lowest BCUT2D eigenvalue weighted by Crippen LogP contribution is -2.12. The minimum absolute atomic E-state index is 0.0525. The van der Waals surface area contributed by atoms with Gasteiger partial charge >= 0.3 is 0 Å². The minimum Gasteiger partial charge on any atom is -0.456 e. The van der Waals surface area contributed by atoms with E-state index in [2.05, 4.69) is 90.1 Å². The van der Waals surface area contributed by atoms with E-state index in [4.69, 9.17) is 14.1 Å². The van der Waals surface area contributed by atoms with Crippen molar-refractivity contribution in [2.75, 3.05) is 0 Å². The zero-order valence-corrected chi connectivity index (χ0v) is 23.0. The highest BCUT2D eigenvalue weighted by atomic mass is 16.5. The highest BCUT2D eigenvalue weighted by Crippen LogP contribution is 2.52. The first-order valence-electron chi connectivity index (χ1n) is 13.6. The molecule has 3 heterocycles. The molecule has 7 rings (SSSR count). The summed E-state index contributed by atoms with van der Waals surface area (Å²) in [5, 5.41) is 6.98. The first kappa shape index (κ1) is 23.3. The van der Waals surface area contributed by atoms with Gasteiger partial charge in [-0.25, -0.2) is 0 Å². The standard InChI is InChI=1S/C35H33NO2/c1-34(2,3)18-20-11-12-21-16-29-30-23(24(21)15-20)13-14-36-31(30)26-17-25-22-9-7-8-10-28(22)37-32(25)27(33(26)38-29)19-35(4,5)6/h7-17H,18-19H2,1-6H3. The maximum Gasteiger partial charge on any atom is 0.143 e. The van der Waals surface area contributed by atoms with Crippen molar-refractivity contribution in [1.29, 1.82) is 0 Å². The van der Waals surface area contributed by atoms with Crippen LogP contribution in [0.15, 0.2) is 71.3 Å². The third kappa shape index (κ3) is 3.67. The molecule has 0 radical (unpaired) electrons. The van der Waals surface area contributed by atoms with Crippen molar-refractivity contribution < 1.29 is 9.15 Å². The second kappa shape index (κ2) is 7.83. The number of hydrogen-bond donors (Lipinski definition) is 0. The van der Waals surface area contributed by atoms with E-state index in [1.54, 1.807) is 0 Å². The molecule has 0 N–H and O–H groups in total. The van der Waals surface area contributed by atoms with Crippen LogP contribution in [0.25, 0.3) is 54.7 Å². The van der Waals surface area contributed by atoms with Gasteiger partial charge in [-0.2, -0.15) is 0 Å². The van der Waals surface area contributed by atoms with E-state index in [1.165, 1.54) is 21.7 Å². The van der Waals surface area contributed by atoms with Crippen molar-refractivity contribution in [2.45, 2.75) is 54.4 Å². The zero-order valence-electron chi connectivity index (χ0n) is 23.0. The summed E-state index contributed by atoms with van der Waals surface area (Å²) in [6, 6.07) is 21.7. The van der Waals surface area contributed by atoms with Crippen LogP contribution in [0.1, 0.15) is 52.7 Å². The molecule has 38 heavy (non-hydrogen) atoms. The van der Waals surface area contributed by atoms with Gasteiger partial charge in [-0.05, 0) is 69.7 Å². The summed E-state index contributed by atoms with van der Waals surface area (Å²) in [5.41, 5.74) is 6.61. The van der Waals surface area contributed by atoms with Crippen LogP contribution in [0.4, 0.5) is 0 Å². The van der Waals surface area contributed by atoms with Gasteiger partial charge in [0, 0.05) is 28.1 Å². The Morgan fingerprint density at radius 2 is 1.53 bits per heavy atom. The molecule has 4 aromatic carbocycles. The van der Waals surface area contributed by atoms with Crippen LogP contribution < -0.4 is 4.74 Å². The van der Waals surface area contributed by atoms with E-state index in [1.807, 2.05) is 18.3 Å². The molecule has 0 amide bonds. The van der Waals surface area contributed by atoms with Gasteiger partial charge < -0.3 is 9.15 Å². The Morgan fingerprint density at radius 3 is 2.32 bits per heavy atom. The Hall–Kier alpha value is -3.85. The van der Waals surface area contributed by atoms with Crippen LogP contribution >= 0.6 is 0 Å². The fraction of sp³-hybridized carbons (Fsp3) is 0.286. The molecule has 1 aliphatic heterocycles. The average Bonchev–Trinajstić information content (AvgIpc) is 3.22. The molecule has 3 nitrogen and oxygen atoms in total. The molecule has 0 saturated carbocycles. The van der Waals surface area contributed by atoms with Crippen LogP contribution in [-0.4, -0.2) is 4.98 Å². The number of para-hydroxylation sites is 1. The lowest BCUT2D eigenvalue weighted by Gasteiger charge is -2.26. The number of benzene rings is 4. The fourth-order valence-corrected chi connectivity index (χ4v) is 6.12. The summed E-state index contributed by atoms with van der Waals surface area (Å²) in [7, 11) is 0. The largest absolute Gasteiger partial charge is 0.456 e. The number of pyridine rings is 1. The Balaban J connectivity index is 1.55. The SMILES string of the molecule is CC(C)(C)Cc1ccc2cc3c4c(nccc4c2c1)-c1cc2c(oc4ccccc42)c(CC(C)(C)C)c1O3. The Morgan fingerprint density at radius 1 is 0.737 bits per heavy atom. The van der Waals surface area contributed by atoms with E-state index in [-0.39, 0.29) is 10.8 Å². The van der Waals surface area contributed by atoms with Gasteiger partial charge in [-0.1, -0.05) is 77.9 Å². The Kier molecular flexibility index (Phi) is 4.80. The number of hydrogen-bond acceptors (Lipinski definition) is 3. The lowest BCUT2D eigenvalue weighted by molar-refractivity contribution is 0.397. The Bertz CT molecular complexity index is 1910. The predicted molar refractivity (Wildman–Crippen MR) is 158 cm³/mol. The summed E-state index contributed by atoms with van der Waals surface area (Å²) in [6.45, 7) is 13.7. The molecule has 1 aliphatic rings. The van der Waals surface area contributed by atoms with Crippen molar-refractivity contribution >= 4 is 43.5 Å². The van der Waals surface area contributed by atoms with Crippen molar-refractivity contribution in [1.82, 2.24) is 4.98 Å². The molecular formula is C35H33NO2. The highest BCUT2D eigenvalue weighted by molar-refractivity contribution is 6.17. The summed E-state index contributed by atoms with van der Waals surface area (Å²) >= 11 is 0. The van der Waals surface area contributed by atoms with Gasteiger partial charge in [0.1, 0.15) is 22.7 Å². The van der Waals surface area contributed by atoms with Gasteiger partial charge in [0.15, 0.2) is 0 Å². The number of furan rings is 1. The first-order chi connectivity index (χ1) is 18.1. The van der Waals surface area contributed by atoms with Crippen molar-refractivity contribution in [3.8, 4) is 22.8 Å². The monoisotopic (exact) mass is 499 g/mol. The molecule has 0 saturated heterocycles. The van der Waals surface area contributed by atoms with Crippen LogP contribution in [0.2, 0.25) is 0 Å². The second-order valence-corrected chi connectivity index (χ2v) is 13.3. The Labute approximate surface area is 223 Å². The molecular weight excluding hydrogens is 466 g/mol. The molecule has 0 atom stereocenters. The van der Waals surface area contributed by atoms with E-state index >= 15 is 0 Å². The summed E-state index contributed by atoms with van der Waals surface area (Å²) in [4.78, 5) is 4.97. The predicted octanol–water partition coefficient (Wildman–Crippen LogP) is 10.2. The fourth-order valence-electron chi connectivity index (χ4n) is 6.12. The third-order valence-corrected chi connectivity index (χ3v) is 7.52. The smallest absolute Gasteiger partial charge is 0.143 e. The molecule has 6 aromatic rings. The van der Waals surface area contributed by atoms with E-state index in [0.717, 1.165) is 68.5 Å². The van der Waals surface area contributed by atoms with Gasteiger partial charge in [-0.3, -0.25) is 4.98 Å². The number of rotatable bonds is 2. The molecule has 3 heteroatoms. The molecule has 2 aromatic heterocycles. The van der Waals surface area contributed by atoms with E-state index < -0.39 is 0 Å². The number of nitrogens with zero attached hydrogens (tertiary/aromatic N) is 1. The maximum atomic E-state index is 6.85. The van der Waals surface area contributed by atoms with E-state index in [9.17, 15) is 0 Å². The first-order valence-corrected chi connectivity index (χ1v) is 13.6. The van der Waals surface area contributed by atoms with Crippen LogP contribution in [0, 0.1) is 10.8 Å². The summed E-state index contributed by atoms with van der Waals surface area (Å²) in [5.74, 6) is 1.75. The molecule has 0 fully saturated rings. The zero-order chi connectivity index (χ0) is 26.4. The second-order valence-electron chi connectivity index (χ2n) is 13.3. The van der Waals surface area contributed by atoms with Crippen molar-refractivity contribution in [3.05, 3.63) is 78.0 Å². The van der Waals surface area contributed by atoms with E-state index in [0.29, 0.717) is 0 Å². The number of fused-ring (bicyclic) bond motifs is 7. The van der Waals surface area contributed by atoms with Gasteiger partial charge in [-0.15, -0.1) is 0 Å². The topological polar surface area (TPSA) is 35.3 Å². The average molecular weight is 500 g/mol. The molecule has 0 spiro atoms. The van der Waals surface area contributed by atoms with Crippen LogP contribution in [0.3, 0.4) is 0 Å². The quantitative estimate of drug-likeness (QED) is 0.222. The van der Waals surface area contributed by atoms with Gasteiger partial charge in [0.05, 0.1) is 11.1 Å². The van der Waals surface area contributed by atoms with Crippen LogP contribution in [-0.2, 0) is 12.8 Å². The molecule has 0 unspecified atom stereocenters. The maximum absolute atomic E-state index is 6.85. The molecule has 0 bridgehead atoms.